The molecule has 1 amide bonds. The van der Waals surface area contributed by atoms with E-state index in [9.17, 15) is 18.8 Å². The van der Waals surface area contributed by atoms with Crippen LogP contribution in [-0.2, 0) is 31.9 Å². The lowest BCUT2D eigenvalue weighted by molar-refractivity contribution is -0.140. The van der Waals surface area contributed by atoms with Crippen molar-refractivity contribution in [2.24, 2.45) is 0 Å². The Morgan fingerprint density at radius 2 is 1.69 bits per heavy atom. The predicted octanol–water partition coefficient (Wildman–Crippen LogP) is 3.25. The fraction of sp³-hybridized carbons (Fsp3) is 0.308. The summed E-state index contributed by atoms with van der Waals surface area (Å²) in [6, 6.07) is 12.7. The number of ether oxygens (including phenoxy) is 2. The van der Waals surface area contributed by atoms with Gasteiger partial charge >= 0.3 is 11.9 Å². The molecule has 3 aromatic rings. The number of aromatic nitrogens is 2. The highest BCUT2D eigenvalue weighted by Gasteiger charge is 2.15. The Bertz CT molecular complexity index is 1190. The van der Waals surface area contributed by atoms with Crippen LogP contribution in [0.4, 0.5) is 4.39 Å². The van der Waals surface area contributed by atoms with Gasteiger partial charge in [-0.2, -0.15) is 5.10 Å². The van der Waals surface area contributed by atoms with Crippen molar-refractivity contribution in [3.63, 3.8) is 0 Å². The summed E-state index contributed by atoms with van der Waals surface area (Å²) in [5.41, 5.74) is 4.65. The van der Waals surface area contributed by atoms with Crippen molar-refractivity contribution in [3.8, 4) is 5.69 Å². The standard InChI is InChI=1S/C26H28FN3O5/c1-17-23(12-13-25(32)34-3)18(2)30(29-17)22-10-6-20(7-11-22)26(33)35-16-24(31)28-15-14-19-4-8-21(27)9-5-19/h4-11H,12-16H2,1-3H3,(H,28,31). The SMILES string of the molecule is COC(=O)CCc1c(C)nn(-c2ccc(C(=O)OCC(=O)NCCc3ccc(F)cc3)cc2)c1C. The molecule has 8 nitrogen and oxygen atoms in total. The second kappa shape index (κ2) is 11.9. The molecule has 0 fully saturated rings. The second-order valence-corrected chi connectivity index (χ2v) is 7.99. The van der Waals surface area contributed by atoms with Crippen LogP contribution >= 0.6 is 0 Å². The molecule has 1 aromatic heterocycles. The minimum absolute atomic E-state index is 0.272. The molecule has 184 valence electrons. The van der Waals surface area contributed by atoms with Crippen LogP contribution in [-0.4, -0.2) is 47.9 Å². The van der Waals surface area contributed by atoms with Gasteiger partial charge in [0.05, 0.1) is 24.1 Å². The summed E-state index contributed by atoms with van der Waals surface area (Å²) in [6.07, 6.45) is 1.34. The van der Waals surface area contributed by atoms with Crippen LogP contribution in [0.2, 0.25) is 0 Å². The molecule has 2 aromatic carbocycles. The lowest BCUT2D eigenvalue weighted by Crippen LogP contribution is -2.30. The van der Waals surface area contributed by atoms with E-state index in [0.29, 0.717) is 24.9 Å². The number of carbonyl (C=O) groups excluding carboxylic acids is 3. The molecule has 1 heterocycles. The van der Waals surface area contributed by atoms with Crippen molar-refractivity contribution in [2.45, 2.75) is 33.1 Å². The average Bonchev–Trinajstić information content (AvgIpc) is 3.15. The second-order valence-electron chi connectivity index (χ2n) is 7.99. The first-order chi connectivity index (χ1) is 16.8. The minimum atomic E-state index is -0.614. The van der Waals surface area contributed by atoms with Gasteiger partial charge in [0.25, 0.3) is 5.91 Å². The van der Waals surface area contributed by atoms with Gasteiger partial charge in [0.2, 0.25) is 0 Å². The highest BCUT2D eigenvalue weighted by atomic mass is 19.1. The van der Waals surface area contributed by atoms with Crippen molar-refractivity contribution < 1.29 is 28.2 Å². The van der Waals surface area contributed by atoms with E-state index in [1.807, 2.05) is 13.8 Å². The molecular formula is C26H28FN3O5. The largest absolute Gasteiger partial charge is 0.469 e. The lowest BCUT2D eigenvalue weighted by Gasteiger charge is -2.08. The van der Waals surface area contributed by atoms with Crippen LogP contribution in [0.5, 0.6) is 0 Å². The van der Waals surface area contributed by atoms with E-state index >= 15 is 0 Å². The number of hydrogen-bond donors (Lipinski definition) is 1. The van der Waals surface area contributed by atoms with Gasteiger partial charge in [-0.15, -0.1) is 0 Å². The molecule has 0 spiro atoms. The van der Waals surface area contributed by atoms with Gasteiger partial charge in [-0.1, -0.05) is 12.1 Å². The Balaban J connectivity index is 1.51. The van der Waals surface area contributed by atoms with Crippen molar-refractivity contribution in [3.05, 3.63) is 82.4 Å². The maximum Gasteiger partial charge on any atom is 0.338 e. The van der Waals surface area contributed by atoms with E-state index < -0.39 is 18.5 Å². The van der Waals surface area contributed by atoms with E-state index in [2.05, 4.69) is 10.4 Å². The van der Waals surface area contributed by atoms with E-state index in [4.69, 9.17) is 9.47 Å². The first-order valence-electron chi connectivity index (χ1n) is 11.2. The number of benzene rings is 2. The van der Waals surface area contributed by atoms with Crippen LogP contribution in [0.15, 0.2) is 48.5 Å². The molecule has 9 heteroatoms. The van der Waals surface area contributed by atoms with Gasteiger partial charge in [0.1, 0.15) is 5.82 Å². The van der Waals surface area contributed by atoms with E-state index in [-0.39, 0.29) is 18.2 Å². The summed E-state index contributed by atoms with van der Waals surface area (Å²) in [6.45, 7) is 3.75. The maximum atomic E-state index is 12.9. The summed E-state index contributed by atoms with van der Waals surface area (Å²) in [5, 5.41) is 7.22. The van der Waals surface area contributed by atoms with Gasteiger partial charge in [0, 0.05) is 18.7 Å². The highest BCUT2D eigenvalue weighted by molar-refractivity contribution is 5.91. The van der Waals surface area contributed by atoms with E-state index in [0.717, 1.165) is 28.2 Å². The summed E-state index contributed by atoms with van der Waals surface area (Å²) in [5.74, 6) is -1.62. The number of rotatable bonds is 10. The van der Waals surface area contributed by atoms with Crippen molar-refractivity contribution >= 4 is 17.8 Å². The average molecular weight is 482 g/mol. The number of hydrogen-bond acceptors (Lipinski definition) is 6. The zero-order valence-electron chi connectivity index (χ0n) is 20.0. The zero-order chi connectivity index (χ0) is 25.4. The first kappa shape index (κ1) is 25.6. The number of nitrogens with one attached hydrogen (secondary N) is 1. The third-order valence-electron chi connectivity index (χ3n) is 5.58. The number of esters is 2. The molecular weight excluding hydrogens is 453 g/mol. The summed E-state index contributed by atoms with van der Waals surface area (Å²) < 4.78 is 24.5. The third kappa shape index (κ3) is 6.99. The molecule has 0 saturated carbocycles. The smallest absolute Gasteiger partial charge is 0.338 e. The Labute approximate surface area is 203 Å². The zero-order valence-corrected chi connectivity index (χ0v) is 20.0. The fourth-order valence-corrected chi connectivity index (χ4v) is 3.62. The van der Waals surface area contributed by atoms with E-state index in [1.165, 1.54) is 19.2 Å². The number of methoxy groups -OCH3 is 1. The van der Waals surface area contributed by atoms with Crippen LogP contribution in [0.3, 0.4) is 0 Å². The Morgan fingerprint density at radius 3 is 2.34 bits per heavy atom. The summed E-state index contributed by atoms with van der Waals surface area (Å²) in [4.78, 5) is 35.8. The Hall–Kier alpha value is -4.01. The van der Waals surface area contributed by atoms with E-state index in [1.54, 1.807) is 41.1 Å². The van der Waals surface area contributed by atoms with Crippen LogP contribution in [0.1, 0.15) is 39.3 Å². The van der Waals surface area contributed by atoms with Gasteiger partial charge in [0.15, 0.2) is 6.61 Å². The van der Waals surface area contributed by atoms with Crippen molar-refractivity contribution in [2.75, 3.05) is 20.3 Å². The quantitative estimate of drug-likeness (QED) is 0.447. The summed E-state index contributed by atoms with van der Waals surface area (Å²) >= 11 is 0. The molecule has 0 radical (unpaired) electrons. The van der Waals surface area contributed by atoms with Crippen LogP contribution < -0.4 is 5.32 Å². The molecule has 1 N–H and O–H groups in total. The van der Waals surface area contributed by atoms with Crippen molar-refractivity contribution in [1.29, 1.82) is 0 Å². The van der Waals surface area contributed by atoms with Crippen LogP contribution in [0, 0.1) is 19.7 Å². The highest BCUT2D eigenvalue weighted by Crippen LogP contribution is 2.20. The number of carbonyl (C=O) groups is 3. The normalized spacial score (nSPS) is 10.6. The molecule has 3 rings (SSSR count). The monoisotopic (exact) mass is 481 g/mol. The minimum Gasteiger partial charge on any atom is -0.469 e. The molecule has 0 bridgehead atoms. The Kier molecular flexibility index (Phi) is 8.72. The molecule has 0 atom stereocenters. The molecule has 0 aliphatic heterocycles. The number of halogens is 1. The molecule has 0 aliphatic rings. The first-order valence-corrected chi connectivity index (χ1v) is 11.2. The van der Waals surface area contributed by atoms with Gasteiger partial charge in [-0.3, -0.25) is 9.59 Å². The van der Waals surface area contributed by atoms with Crippen molar-refractivity contribution in [1.82, 2.24) is 15.1 Å². The Morgan fingerprint density at radius 1 is 1.00 bits per heavy atom. The molecule has 0 unspecified atom stereocenters. The number of nitrogens with zero attached hydrogens (tertiary/aromatic N) is 2. The lowest BCUT2D eigenvalue weighted by atomic mass is 10.1. The van der Waals surface area contributed by atoms with Gasteiger partial charge < -0.3 is 14.8 Å². The van der Waals surface area contributed by atoms with Gasteiger partial charge in [-0.25, -0.2) is 13.9 Å². The third-order valence-corrected chi connectivity index (χ3v) is 5.58. The summed E-state index contributed by atoms with van der Waals surface area (Å²) in [7, 11) is 1.36. The van der Waals surface area contributed by atoms with Gasteiger partial charge in [-0.05, 0) is 74.2 Å². The molecule has 0 saturated heterocycles. The number of amides is 1. The number of aryl methyl sites for hydroxylation is 1. The van der Waals surface area contributed by atoms with Crippen LogP contribution in [0.25, 0.3) is 5.69 Å². The fourth-order valence-electron chi connectivity index (χ4n) is 3.62. The molecule has 35 heavy (non-hydrogen) atoms. The maximum absolute atomic E-state index is 12.9. The predicted molar refractivity (Wildman–Crippen MR) is 127 cm³/mol. The molecule has 0 aliphatic carbocycles. The topological polar surface area (TPSA) is 99.5 Å².